The lowest BCUT2D eigenvalue weighted by Gasteiger charge is -2.01. The Morgan fingerprint density at radius 2 is 2.19 bits per heavy atom. The van der Waals surface area contributed by atoms with Gasteiger partial charge in [-0.2, -0.15) is 0 Å². The van der Waals surface area contributed by atoms with Gasteiger partial charge in [0.05, 0.1) is 5.75 Å². The van der Waals surface area contributed by atoms with Gasteiger partial charge in [-0.1, -0.05) is 5.10 Å². The summed E-state index contributed by atoms with van der Waals surface area (Å²) in [6.07, 6.45) is 2.45. The van der Waals surface area contributed by atoms with Gasteiger partial charge in [0.2, 0.25) is 15.9 Å². The van der Waals surface area contributed by atoms with E-state index in [-0.39, 0.29) is 11.8 Å². The Morgan fingerprint density at radius 1 is 1.44 bits per heavy atom. The zero-order valence-corrected chi connectivity index (χ0v) is 10.1. The van der Waals surface area contributed by atoms with Gasteiger partial charge in [0, 0.05) is 11.8 Å². The highest BCUT2D eigenvalue weighted by Crippen LogP contribution is 2.39. The standard InChI is InChI=1S/C8H12ClN3O3S/c9-4-1-5-16(13,14)12-8-11-10-7(15-8)6-2-3-6/h6H,1-5H2,(H,11,12). The number of sulfonamides is 1. The highest BCUT2D eigenvalue weighted by atomic mass is 35.5. The predicted octanol–water partition coefficient (Wildman–Crippen LogP) is 1.32. The van der Waals surface area contributed by atoms with Crippen molar-refractivity contribution in [1.82, 2.24) is 10.2 Å². The largest absolute Gasteiger partial charge is 0.407 e. The number of aromatic nitrogens is 2. The van der Waals surface area contributed by atoms with E-state index in [2.05, 4.69) is 14.9 Å². The van der Waals surface area contributed by atoms with Crippen molar-refractivity contribution < 1.29 is 12.8 Å². The first-order valence-corrected chi connectivity index (χ1v) is 7.19. The van der Waals surface area contributed by atoms with Crippen LogP contribution in [0, 0.1) is 0 Å². The quantitative estimate of drug-likeness (QED) is 0.784. The topological polar surface area (TPSA) is 85.1 Å². The van der Waals surface area contributed by atoms with E-state index < -0.39 is 10.0 Å². The van der Waals surface area contributed by atoms with Crippen molar-refractivity contribution in [2.24, 2.45) is 0 Å². The van der Waals surface area contributed by atoms with Crippen LogP contribution in [0.2, 0.25) is 0 Å². The summed E-state index contributed by atoms with van der Waals surface area (Å²) in [6.45, 7) is 0. The summed E-state index contributed by atoms with van der Waals surface area (Å²) >= 11 is 5.42. The second kappa shape index (κ2) is 4.58. The molecule has 2 rings (SSSR count). The van der Waals surface area contributed by atoms with Crippen molar-refractivity contribution in [3.63, 3.8) is 0 Å². The summed E-state index contributed by atoms with van der Waals surface area (Å²) in [5.41, 5.74) is 0. The number of anilines is 1. The zero-order valence-electron chi connectivity index (χ0n) is 8.52. The maximum absolute atomic E-state index is 11.5. The van der Waals surface area contributed by atoms with E-state index in [1.54, 1.807) is 0 Å². The minimum atomic E-state index is -3.42. The van der Waals surface area contributed by atoms with E-state index in [0.29, 0.717) is 24.1 Å². The Morgan fingerprint density at radius 3 is 2.81 bits per heavy atom. The van der Waals surface area contributed by atoms with E-state index in [1.807, 2.05) is 0 Å². The molecule has 0 spiro atoms. The molecule has 0 bridgehead atoms. The second-order valence-electron chi connectivity index (χ2n) is 3.68. The van der Waals surface area contributed by atoms with Crippen molar-refractivity contribution in [1.29, 1.82) is 0 Å². The van der Waals surface area contributed by atoms with Crippen LogP contribution in [0.25, 0.3) is 0 Å². The number of halogens is 1. The Labute approximate surface area is 98.4 Å². The molecule has 0 aromatic carbocycles. The van der Waals surface area contributed by atoms with Crippen LogP contribution in [-0.2, 0) is 10.0 Å². The number of nitrogens with zero attached hydrogens (tertiary/aromatic N) is 2. The van der Waals surface area contributed by atoms with Crippen molar-refractivity contribution in [2.45, 2.75) is 25.2 Å². The molecule has 6 nitrogen and oxygen atoms in total. The second-order valence-corrected chi connectivity index (χ2v) is 5.90. The zero-order chi connectivity index (χ0) is 11.6. The average molecular weight is 266 g/mol. The summed E-state index contributed by atoms with van der Waals surface area (Å²) < 4.78 is 30.3. The lowest BCUT2D eigenvalue weighted by molar-refractivity contribution is 0.510. The number of hydrogen-bond donors (Lipinski definition) is 1. The van der Waals surface area contributed by atoms with E-state index in [0.717, 1.165) is 12.8 Å². The van der Waals surface area contributed by atoms with Gasteiger partial charge in [0.1, 0.15) is 0 Å². The fourth-order valence-electron chi connectivity index (χ4n) is 1.20. The average Bonchev–Trinajstić information content (AvgIpc) is 2.98. The van der Waals surface area contributed by atoms with Crippen LogP contribution in [0.15, 0.2) is 4.42 Å². The third-order valence-electron chi connectivity index (χ3n) is 2.16. The highest BCUT2D eigenvalue weighted by molar-refractivity contribution is 7.92. The Balaban J connectivity index is 1.96. The summed E-state index contributed by atoms with van der Waals surface area (Å²) in [5, 5.41) is 7.40. The summed E-state index contributed by atoms with van der Waals surface area (Å²) in [5.74, 6) is 1.08. The molecule has 0 atom stereocenters. The molecule has 1 aromatic rings. The summed E-state index contributed by atoms with van der Waals surface area (Å²) in [7, 11) is -3.42. The van der Waals surface area contributed by atoms with Gasteiger partial charge < -0.3 is 4.42 Å². The van der Waals surface area contributed by atoms with Crippen molar-refractivity contribution in [2.75, 3.05) is 16.4 Å². The molecular formula is C8H12ClN3O3S. The minimum absolute atomic E-state index is 0.0440. The molecule has 1 saturated carbocycles. The van der Waals surface area contributed by atoms with E-state index in [9.17, 15) is 8.42 Å². The van der Waals surface area contributed by atoms with Crippen molar-refractivity contribution in [3.8, 4) is 0 Å². The lowest BCUT2D eigenvalue weighted by Crippen LogP contribution is -2.17. The number of rotatable bonds is 6. The molecule has 0 radical (unpaired) electrons. The lowest BCUT2D eigenvalue weighted by atomic mass is 10.4. The first kappa shape index (κ1) is 11.7. The number of alkyl halides is 1. The van der Waals surface area contributed by atoms with Gasteiger partial charge >= 0.3 is 6.01 Å². The maximum atomic E-state index is 11.5. The molecule has 0 unspecified atom stereocenters. The summed E-state index contributed by atoms with van der Waals surface area (Å²) in [4.78, 5) is 0. The number of hydrogen-bond acceptors (Lipinski definition) is 5. The van der Waals surface area contributed by atoms with Gasteiger partial charge in [-0.15, -0.1) is 16.7 Å². The molecule has 1 heterocycles. The van der Waals surface area contributed by atoms with E-state index in [1.165, 1.54) is 0 Å². The normalized spacial score (nSPS) is 16.3. The monoisotopic (exact) mass is 265 g/mol. The molecule has 16 heavy (non-hydrogen) atoms. The van der Waals surface area contributed by atoms with Crippen molar-refractivity contribution in [3.05, 3.63) is 5.89 Å². The van der Waals surface area contributed by atoms with Gasteiger partial charge in [-0.3, -0.25) is 0 Å². The van der Waals surface area contributed by atoms with Crippen LogP contribution in [0.3, 0.4) is 0 Å². The van der Waals surface area contributed by atoms with Gasteiger partial charge in [-0.05, 0) is 19.3 Å². The molecule has 1 N–H and O–H groups in total. The van der Waals surface area contributed by atoms with Crippen LogP contribution in [0.1, 0.15) is 31.1 Å². The van der Waals surface area contributed by atoms with E-state index >= 15 is 0 Å². The maximum Gasteiger partial charge on any atom is 0.329 e. The Kier molecular flexibility index (Phi) is 3.34. The molecular weight excluding hydrogens is 254 g/mol. The minimum Gasteiger partial charge on any atom is -0.407 e. The smallest absolute Gasteiger partial charge is 0.329 e. The molecule has 0 aliphatic heterocycles. The van der Waals surface area contributed by atoms with E-state index in [4.69, 9.17) is 16.0 Å². The molecule has 0 saturated heterocycles. The predicted molar refractivity (Wildman–Crippen MR) is 59.0 cm³/mol. The molecule has 1 aromatic heterocycles. The molecule has 1 aliphatic carbocycles. The fraction of sp³-hybridized carbons (Fsp3) is 0.750. The molecule has 0 amide bonds. The van der Waals surface area contributed by atoms with Crippen LogP contribution >= 0.6 is 11.6 Å². The van der Waals surface area contributed by atoms with Gasteiger partial charge in [-0.25, -0.2) is 13.1 Å². The highest BCUT2D eigenvalue weighted by Gasteiger charge is 2.29. The Hall–Kier alpha value is -0.820. The SMILES string of the molecule is O=S(=O)(CCCCl)Nc1nnc(C2CC2)o1. The molecule has 8 heteroatoms. The fourth-order valence-corrected chi connectivity index (χ4v) is 2.47. The van der Waals surface area contributed by atoms with Crippen LogP contribution in [0.4, 0.5) is 6.01 Å². The third kappa shape index (κ3) is 3.08. The molecule has 1 aliphatic rings. The first-order chi connectivity index (χ1) is 7.61. The van der Waals surface area contributed by atoms with Gasteiger partial charge in [0.25, 0.3) is 0 Å². The summed E-state index contributed by atoms with van der Waals surface area (Å²) in [6, 6.07) is -0.0588. The molecule has 90 valence electrons. The molecule has 1 fully saturated rings. The van der Waals surface area contributed by atoms with Crippen LogP contribution in [0.5, 0.6) is 0 Å². The first-order valence-electron chi connectivity index (χ1n) is 5.00. The third-order valence-corrected chi connectivity index (χ3v) is 3.74. The van der Waals surface area contributed by atoms with Crippen LogP contribution < -0.4 is 4.72 Å². The van der Waals surface area contributed by atoms with Crippen molar-refractivity contribution >= 4 is 27.6 Å². The number of nitrogens with one attached hydrogen (secondary N) is 1. The Bertz CT molecular complexity index is 455. The van der Waals surface area contributed by atoms with Crippen LogP contribution in [-0.4, -0.2) is 30.2 Å². The van der Waals surface area contributed by atoms with Gasteiger partial charge in [0.15, 0.2) is 0 Å².